The SMILES string of the molecule is CC(C)(C)C1CCN(CCCn2cc(N)ccc2=O)CC1. The van der Waals surface area contributed by atoms with Crippen LogP contribution in [0.4, 0.5) is 5.69 Å². The first-order valence-corrected chi connectivity index (χ1v) is 8.04. The average molecular weight is 291 g/mol. The van der Waals surface area contributed by atoms with Crippen molar-refractivity contribution in [2.45, 2.75) is 46.6 Å². The normalized spacial score (nSPS) is 18.0. The van der Waals surface area contributed by atoms with Gasteiger partial charge in [0.1, 0.15) is 0 Å². The molecule has 0 atom stereocenters. The Morgan fingerprint density at radius 2 is 1.86 bits per heavy atom. The zero-order valence-electron chi connectivity index (χ0n) is 13.6. The number of rotatable bonds is 4. The Hall–Kier alpha value is -1.29. The van der Waals surface area contributed by atoms with Gasteiger partial charge in [-0.3, -0.25) is 4.79 Å². The molecule has 1 aliphatic heterocycles. The van der Waals surface area contributed by atoms with Gasteiger partial charge in [0.2, 0.25) is 0 Å². The van der Waals surface area contributed by atoms with E-state index in [1.165, 1.54) is 25.9 Å². The third kappa shape index (κ3) is 4.60. The van der Waals surface area contributed by atoms with E-state index < -0.39 is 0 Å². The second-order valence-electron chi connectivity index (χ2n) is 7.33. The van der Waals surface area contributed by atoms with Crippen molar-refractivity contribution in [3.05, 3.63) is 28.7 Å². The lowest BCUT2D eigenvalue weighted by atomic mass is 9.75. The van der Waals surface area contributed by atoms with Gasteiger partial charge in [-0.1, -0.05) is 20.8 Å². The van der Waals surface area contributed by atoms with Crippen LogP contribution in [0.25, 0.3) is 0 Å². The Morgan fingerprint density at radius 1 is 1.19 bits per heavy atom. The minimum absolute atomic E-state index is 0.0376. The van der Waals surface area contributed by atoms with Crippen molar-refractivity contribution in [1.29, 1.82) is 0 Å². The summed E-state index contributed by atoms with van der Waals surface area (Å²) in [4.78, 5) is 14.2. The summed E-state index contributed by atoms with van der Waals surface area (Å²) in [7, 11) is 0. The molecule has 1 fully saturated rings. The van der Waals surface area contributed by atoms with Gasteiger partial charge in [-0.25, -0.2) is 0 Å². The van der Waals surface area contributed by atoms with Gasteiger partial charge in [0, 0.05) is 24.5 Å². The van der Waals surface area contributed by atoms with Crippen LogP contribution in [0.1, 0.15) is 40.0 Å². The predicted octanol–water partition coefficient (Wildman–Crippen LogP) is 2.58. The standard InChI is InChI=1S/C17H29N3O/c1-17(2,3)14-7-11-19(12-8-14)9-4-10-20-13-15(18)5-6-16(20)21/h5-6,13-14H,4,7-12,18H2,1-3H3. The molecule has 1 saturated heterocycles. The third-order valence-electron chi connectivity index (χ3n) is 4.69. The highest BCUT2D eigenvalue weighted by Crippen LogP contribution is 2.34. The molecule has 4 nitrogen and oxygen atoms in total. The quantitative estimate of drug-likeness (QED) is 0.927. The molecule has 1 aromatic heterocycles. The van der Waals surface area contributed by atoms with E-state index in [2.05, 4.69) is 25.7 Å². The van der Waals surface area contributed by atoms with Gasteiger partial charge in [0.15, 0.2) is 0 Å². The van der Waals surface area contributed by atoms with Crippen LogP contribution in [-0.2, 0) is 6.54 Å². The van der Waals surface area contributed by atoms with E-state index in [0.717, 1.165) is 25.4 Å². The number of hydrogen-bond donors (Lipinski definition) is 1. The molecule has 2 rings (SSSR count). The van der Waals surface area contributed by atoms with Gasteiger partial charge in [0.25, 0.3) is 5.56 Å². The predicted molar refractivity (Wildman–Crippen MR) is 88.4 cm³/mol. The van der Waals surface area contributed by atoms with Crippen molar-refractivity contribution in [3.8, 4) is 0 Å². The highest BCUT2D eigenvalue weighted by atomic mass is 16.1. The molecule has 0 saturated carbocycles. The summed E-state index contributed by atoms with van der Waals surface area (Å²) >= 11 is 0. The topological polar surface area (TPSA) is 51.3 Å². The van der Waals surface area contributed by atoms with Crippen molar-refractivity contribution in [3.63, 3.8) is 0 Å². The summed E-state index contributed by atoms with van der Waals surface area (Å²) in [5, 5.41) is 0. The second-order valence-corrected chi connectivity index (χ2v) is 7.33. The summed E-state index contributed by atoms with van der Waals surface area (Å²) in [6, 6.07) is 3.21. The van der Waals surface area contributed by atoms with E-state index in [1.54, 1.807) is 22.9 Å². The van der Waals surface area contributed by atoms with Crippen LogP contribution in [-0.4, -0.2) is 29.1 Å². The average Bonchev–Trinajstić information content (AvgIpc) is 2.42. The van der Waals surface area contributed by atoms with E-state index in [0.29, 0.717) is 11.1 Å². The molecule has 0 aliphatic carbocycles. The van der Waals surface area contributed by atoms with Crippen LogP contribution in [0.5, 0.6) is 0 Å². The molecule has 0 bridgehead atoms. The Bertz CT molecular complexity index is 508. The van der Waals surface area contributed by atoms with Crippen molar-refractivity contribution in [2.24, 2.45) is 11.3 Å². The van der Waals surface area contributed by atoms with Crippen LogP contribution in [0.3, 0.4) is 0 Å². The Kier molecular flexibility index (Phi) is 5.09. The maximum atomic E-state index is 11.7. The summed E-state index contributed by atoms with van der Waals surface area (Å²) in [6.45, 7) is 11.2. The van der Waals surface area contributed by atoms with Gasteiger partial charge in [-0.05, 0) is 56.3 Å². The van der Waals surface area contributed by atoms with E-state index in [-0.39, 0.29) is 5.56 Å². The lowest BCUT2D eigenvalue weighted by Gasteiger charge is -2.38. The first kappa shape index (κ1) is 16.1. The molecule has 2 heterocycles. The number of hydrogen-bond acceptors (Lipinski definition) is 3. The maximum absolute atomic E-state index is 11.7. The Labute approximate surface area is 127 Å². The Balaban J connectivity index is 1.75. The summed E-state index contributed by atoms with van der Waals surface area (Å²) < 4.78 is 1.72. The number of nitrogen functional groups attached to an aromatic ring is 1. The molecule has 0 radical (unpaired) electrons. The molecular formula is C17H29N3O. The van der Waals surface area contributed by atoms with Crippen LogP contribution >= 0.6 is 0 Å². The van der Waals surface area contributed by atoms with Gasteiger partial charge >= 0.3 is 0 Å². The first-order valence-electron chi connectivity index (χ1n) is 8.04. The van der Waals surface area contributed by atoms with Crippen LogP contribution in [0.15, 0.2) is 23.1 Å². The van der Waals surface area contributed by atoms with Crippen molar-refractivity contribution in [1.82, 2.24) is 9.47 Å². The molecule has 0 aromatic carbocycles. The number of nitrogens with two attached hydrogens (primary N) is 1. The third-order valence-corrected chi connectivity index (χ3v) is 4.69. The van der Waals surface area contributed by atoms with Crippen LogP contribution in [0.2, 0.25) is 0 Å². The van der Waals surface area contributed by atoms with Gasteiger partial charge in [0.05, 0.1) is 0 Å². The minimum atomic E-state index is 0.0376. The van der Waals surface area contributed by atoms with E-state index >= 15 is 0 Å². The summed E-state index contributed by atoms with van der Waals surface area (Å²) in [5.41, 5.74) is 6.85. The molecule has 0 amide bonds. The molecule has 2 N–H and O–H groups in total. The molecule has 1 aromatic rings. The van der Waals surface area contributed by atoms with Crippen LogP contribution < -0.4 is 11.3 Å². The monoisotopic (exact) mass is 291 g/mol. The maximum Gasteiger partial charge on any atom is 0.250 e. The number of pyridine rings is 1. The molecule has 1 aliphatic rings. The molecule has 118 valence electrons. The van der Waals surface area contributed by atoms with Gasteiger partial charge < -0.3 is 15.2 Å². The fourth-order valence-corrected chi connectivity index (χ4v) is 3.21. The second kappa shape index (κ2) is 6.65. The first-order chi connectivity index (χ1) is 9.86. The highest BCUT2D eigenvalue weighted by molar-refractivity contribution is 5.33. The number of nitrogens with zero attached hydrogens (tertiary/aromatic N) is 2. The van der Waals surface area contributed by atoms with Gasteiger partial charge in [-0.15, -0.1) is 0 Å². The molecule has 4 heteroatoms. The number of aromatic nitrogens is 1. The summed E-state index contributed by atoms with van der Waals surface area (Å²) in [5.74, 6) is 0.838. The van der Waals surface area contributed by atoms with E-state index in [1.807, 2.05) is 0 Å². The molecule has 21 heavy (non-hydrogen) atoms. The number of likely N-dealkylation sites (tertiary alicyclic amines) is 1. The van der Waals surface area contributed by atoms with E-state index in [9.17, 15) is 4.79 Å². The zero-order valence-corrected chi connectivity index (χ0v) is 13.6. The van der Waals surface area contributed by atoms with Crippen LogP contribution in [0, 0.1) is 11.3 Å². The zero-order chi connectivity index (χ0) is 15.5. The lowest BCUT2D eigenvalue weighted by molar-refractivity contribution is 0.110. The number of aryl methyl sites for hydroxylation is 1. The smallest absolute Gasteiger partial charge is 0.250 e. The van der Waals surface area contributed by atoms with Crippen molar-refractivity contribution in [2.75, 3.05) is 25.4 Å². The highest BCUT2D eigenvalue weighted by Gasteiger charge is 2.28. The fraction of sp³-hybridized carbons (Fsp3) is 0.706. The largest absolute Gasteiger partial charge is 0.398 e. The molecular weight excluding hydrogens is 262 g/mol. The van der Waals surface area contributed by atoms with Crippen molar-refractivity contribution >= 4 is 5.69 Å². The number of piperidine rings is 1. The lowest BCUT2D eigenvalue weighted by Crippen LogP contribution is -2.38. The van der Waals surface area contributed by atoms with Crippen molar-refractivity contribution < 1.29 is 0 Å². The minimum Gasteiger partial charge on any atom is -0.398 e. The van der Waals surface area contributed by atoms with E-state index in [4.69, 9.17) is 5.73 Å². The summed E-state index contributed by atoms with van der Waals surface area (Å²) in [6.07, 6.45) is 5.33. The van der Waals surface area contributed by atoms with Gasteiger partial charge in [-0.2, -0.15) is 0 Å². The fourth-order valence-electron chi connectivity index (χ4n) is 3.21. The Morgan fingerprint density at radius 3 is 2.48 bits per heavy atom. The molecule has 0 unspecified atom stereocenters. The molecule has 0 spiro atoms. The number of anilines is 1.